The van der Waals surface area contributed by atoms with Crippen molar-refractivity contribution in [2.75, 3.05) is 13.4 Å². The van der Waals surface area contributed by atoms with Crippen molar-refractivity contribution in [2.45, 2.75) is 70.8 Å². The molecule has 0 aliphatic heterocycles. The molecular formula is C17H28O5. The number of rotatable bonds is 6. The van der Waals surface area contributed by atoms with Crippen LogP contribution in [0.3, 0.4) is 0 Å². The number of hydrogen-bond donors (Lipinski definition) is 0. The number of carbonyl (C=O) groups is 2. The van der Waals surface area contributed by atoms with Crippen LogP contribution in [0.4, 0.5) is 0 Å². The minimum absolute atomic E-state index is 0.0753. The molecule has 1 aliphatic carbocycles. The third-order valence-electron chi connectivity index (χ3n) is 3.75. The highest BCUT2D eigenvalue weighted by atomic mass is 16.7. The molecule has 0 amide bonds. The van der Waals surface area contributed by atoms with E-state index in [0.29, 0.717) is 0 Å². The van der Waals surface area contributed by atoms with E-state index in [2.05, 4.69) is 6.58 Å². The molecular weight excluding hydrogens is 284 g/mol. The zero-order valence-electron chi connectivity index (χ0n) is 13.6. The van der Waals surface area contributed by atoms with Gasteiger partial charge >= 0.3 is 11.9 Å². The van der Waals surface area contributed by atoms with Crippen molar-refractivity contribution in [3.05, 3.63) is 12.2 Å². The van der Waals surface area contributed by atoms with Gasteiger partial charge in [0, 0.05) is 5.57 Å². The van der Waals surface area contributed by atoms with Gasteiger partial charge in [-0.15, -0.1) is 0 Å². The van der Waals surface area contributed by atoms with Crippen LogP contribution in [-0.4, -0.2) is 31.4 Å². The number of ether oxygens (including phenoxy) is 3. The molecule has 0 atom stereocenters. The minimum atomic E-state index is -0.602. The maximum absolute atomic E-state index is 11.4. The molecule has 22 heavy (non-hydrogen) atoms. The van der Waals surface area contributed by atoms with Crippen molar-refractivity contribution in [3.8, 4) is 0 Å². The largest absolute Gasteiger partial charge is 0.450 e. The first-order chi connectivity index (χ1) is 10.6. The fraction of sp³-hybridized carbons (Fsp3) is 0.765. The highest BCUT2D eigenvalue weighted by molar-refractivity contribution is 5.88. The summed E-state index contributed by atoms with van der Waals surface area (Å²) in [5.74, 6) is -1.19. The molecule has 1 saturated carbocycles. The Morgan fingerprint density at radius 3 is 2.05 bits per heavy atom. The lowest BCUT2D eigenvalue weighted by Crippen LogP contribution is -2.21. The van der Waals surface area contributed by atoms with Gasteiger partial charge in [0.25, 0.3) is 0 Å². The molecule has 0 N–H and O–H groups in total. The molecule has 5 heteroatoms. The Labute approximate surface area is 133 Å². The lowest BCUT2D eigenvalue weighted by atomic mass is 9.99. The second-order valence-corrected chi connectivity index (χ2v) is 5.83. The van der Waals surface area contributed by atoms with Gasteiger partial charge in [-0.1, -0.05) is 51.5 Å². The van der Waals surface area contributed by atoms with Gasteiger partial charge in [-0.3, -0.25) is 0 Å². The van der Waals surface area contributed by atoms with Crippen molar-refractivity contribution < 1.29 is 23.8 Å². The molecule has 126 valence electrons. The molecule has 1 aliphatic rings. The standard InChI is InChI=1S/C17H28O5/c1-14(2)17(19)20-12-16(18)22-13-21-15-10-8-6-4-3-5-7-9-11-15/h15H,1,3-13H2,2H3. The molecule has 0 aromatic heterocycles. The van der Waals surface area contributed by atoms with Crippen LogP contribution in [-0.2, 0) is 23.8 Å². The Kier molecular flexibility index (Phi) is 9.55. The summed E-state index contributed by atoms with van der Waals surface area (Å²) in [7, 11) is 0. The average molecular weight is 312 g/mol. The zero-order chi connectivity index (χ0) is 16.2. The maximum Gasteiger partial charge on any atom is 0.346 e. The summed E-state index contributed by atoms with van der Waals surface area (Å²) in [6, 6.07) is 0. The van der Waals surface area contributed by atoms with Gasteiger partial charge in [0.2, 0.25) is 0 Å². The summed E-state index contributed by atoms with van der Waals surface area (Å²) >= 11 is 0. The predicted octanol–water partition coefficient (Wildman–Crippen LogP) is 3.52. The van der Waals surface area contributed by atoms with E-state index in [4.69, 9.17) is 14.2 Å². The van der Waals surface area contributed by atoms with Gasteiger partial charge in [-0.05, 0) is 19.8 Å². The molecule has 0 heterocycles. The van der Waals surface area contributed by atoms with Gasteiger partial charge in [0.05, 0.1) is 6.10 Å². The van der Waals surface area contributed by atoms with Gasteiger partial charge in [-0.2, -0.15) is 0 Å². The van der Waals surface area contributed by atoms with E-state index in [-0.39, 0.29) is 18.5 Å². The molecule has 1 fully saturated rings. The normalized spacial score (nSPS) is 17.5. The minimum Gasteiger partial charge on any atom is -0.450 e. The molecule has 5 nitrogen and oxygen atoms in total. The lowest BCUT2D eigenvalue weighted by molar-refractivity contribution is -0.170. The predicted molar refractivity (Wildman–Crippen MR) is 83.2 cm³/mol. The topological polar surface area (TPSA) is 61.8 Å². The molecule has 0 aromatic carbocycles. The number of hydrogen-bond acceptors (Lipinski definition) is 5. The van der Waals surface area contributed by atoms with Crippen molar-refractivity contribution >= 4 is 11.9 Å². The summed E-state index contributed by atoms with van der Waals surface area (Å²) in [6.07, 6.45) is 10.9. The summed E-state index contributed by atoms with van der Waals surface area (Å²) in [6.45, 7) is 4.48. The first-order valence-corrected chi connectivity index (χ1v) is 8.19. The van der Waals surface area contributed by atoms with Crippen molar-refractivity contribution in [3.63, 3.8) is 0 Å². The van der Waals surface area contributed by atoms with Crippen LogP contribution in [0.5, 0.6) is 0 Å². The van der Waals surface area contributed by atoms with Crippen LogP contribution >= 0.6 is 0 Å². The summed E-state index contributed by atoms with van der Waals surface area (Å²) in [5.41, 5.74) is 0.255. The van der Waals surface area contributed by atoms with Gasteiger partial charge < -0.3 is 14.2 Å². The zero-order valence-corrected chi connectivity index (χ0v) is 13.6. The van der Waals surface area contributed by atoms with Gasteiger partial charge in [-0.25, -0.2) is 9.59 Å². The monoisotopic (exact) mass is 312 g/mol. The van der Waals surface area contributed by atoms with Gasteiger partial charge in [0.15, 0.2) is 13.4 Å². The van der Waals surface area contributed by atoms with E-state index in [1.54, 1.807) is 0 Å². The highest BCUT2D eigenvalue weighted by Gasteiger charge is 2.13. The maximum atomic E-state index is 11.4. The van der Waals surface area contributed by atoms with Crippen molar-refractivity contribution in [2.24, 2.45) is 0 Å². The smallest absolute Gasteiger partial charge is 0.346 e. The average Bonchev–Trinajstić information content (AvgIpc) is 2.50. The molecule has 0 saturated heterocycles. The third kappa shape index (κ3) is 8.82. The van der Waals surface area contributed by atoms with Crippen LogP contribution < -0.4 is 0 Å². The lowest BCUT2D eigenvalue weighted by Gasteiger charge is -2.19. The van der Waals surface area contributed by atoms with Crippen LogP contribution in [0.2, 0.25) is 0 Å². The first-order valence-electron chi connectivity index (χ1n) is 8.19. The quantitative estimate of drug-likeness (QED) is 0.426. The van der Waals surface area contributed by atoms with Crippen LogP contribution in [0.15, 0.2) is 12.2 Å². The van der Waals surface area contributed by atoms with Crippen molar-refractivity contribution in [1.29, 1.82) is 0 Å². The van der Waals surface area contributed by atoms with E-state index < -0.39 is 18.5 Å². The first kappa shape index (κ1) is 18.7. The Morgan fingerprint density at radius 2 is 1.50 bits per heavy atom. The Hall–Kier alpha value is -1.36. The van der Waals surface area contributed by atoms with E-state index in [1.807, 2.05) is 0 Å². The second kappa shape index (κ2) is 11.2. The second-order valence-electron chi connectivity index (χ2n) is 5.83. The van der Waals surface area contributed by atoms with E-state index in [1.165, 1.54) is 39.0 Å². The number of esters is 2. The Morgan fingerprint density at radius 1 is 0.955 bits per heavy atom. The Bertz CT molecular complexity index is 354. The van der Waals surface area contributed by atoms with E-state index >= 15 is 0 Å². The summed E-state index contributed by atoms with van der Waals surface area (Å²) in [5, 5.41) is 0. The van der Waals surface area contributed by atoms with Crippen molar-refractivity contribution in [1.82, 2.24) is 0 Å². The van der Waals surface area contributed by atoms with Gasteiger partial charge in [0.1, 0.15) is 0 Å². The molecule has 0 bridgehead atoms. The number of carbonyl (C=O) groups excluding carboxylic acids is 2. The summed E-state index contributed by atoms with van der Waals surface area (Å²) < 4.78 is 15.3. The highest BCUT2D eigenvalue weighted by Crippen LogP contribution is 2.18. The fourth-order valence-electron chi connectivity index (χ4n) is 2.42. The van der Waals surface area contributed by atoms with Crippen LogP contribution in [0, 0.1) is 0 Å². The van der Waals surface area contributed by atoms with Crippen LogP contribution in [0.1, 0.15) is 64.7 Å². The third-order valence-corrected chi connectivity index (χ3v) is 3.75. The molecule has 0 unspecified atom stereocenters. The SMILES string of the molecule is C=C(C)C(=O)OCC(=O)OCOC1CCCCCCCCC1. The fourth-order valence-corrected chi connectivity index (χ4v) is 2.42. The van der Waals surface area contributed by atoms with Crippen LogP contribution in [0.25, 0.3) is 0 Å². The summed E-state index contributed by atoms with van der Waals surface area (Å²) in [4.78, 5) is 22.6. The molecule has 1 rings (SSSR count). The molecule has 0 aromatic rings. The van der Waals surface area contributed by atoms with E-state index in [0.717, 1.165) is 25.7 Å². The molecule has 0 radical (unpaired) electrons. The van der Waals surface area contributed by atoms with E-state index in [9.17, 15) is 9.59 Å². The molecule has 0 spiro atoms. The Balaban J connectivity index is 2.16.